The molecule has 5 heteroatoms. The highest BCUT2D eigenvalue weighted by atomic mass is 16.5. The van der Waals surface area contributed by atoms with Crippen LogP contribution in [0.2, 0.25) is 0 Å². The number of aliphatic hydroxyl groups excluding tert-OH is 1. The van der Waals surface area contributed by atoms with E-state index in [0.717, 1.165) is 12.1 Å². The quantitative estimate of drug-likeness (QED) is 0.298. The summed E-state index contributed by atoms with van der Waals surface area (Å²) in [6.07, 6.45) is -17.3. The minimum Gasteiger partial charge on any atom is -0.508 e. The van der Waals surface area contributed by atoms with Crippen LogP contribution in [-0.2, 0) is 17.7 Å². The largest absolute Gasteiger partial charge is 0.508 e. The molecule has 5 nitrogen and oxygen atoms in total. The maximum atomic E-state index is 10.8. The van der Waals surface area contributed by atoms with E-state index in [-0.39, 0.29) is 18.9 Å². The van der Waals surface area contributed by atoms with Crippen LogP contribution in [0.1, 0.15) is 90.0 Å². The van der Waals surface area contributed by atoms with Crippen molar-refractivity contribution in [3.63, 3.8) is 0 Å². The van der Waals surface area contributed by atoms with E-state index in [1.54, 1.807) is 5.32 Å². The molecule has 0 fully saturated rings. The normalized spacial score (nSPS) is 26.8. The lowest BCUT2D eigenvalue weighted by Gasteiger charge is -2.14. The van der Waals surface area contributed by atoms with Crippen molar-refractivity contribution in [3.8, 4) is 5.75 Å². The molecule has 0 bridgehead atoms. The summed E-state index contributed by atoms with van der Waals surface area (Å²) in [5.41, 5.74) is -2.84. The molecule has 166 valence electrons. The van der Waals surface area contributed by atoms with E-state index in [4.69, 9.17) is 33.5 Å². The Balaban J connectivity index is 2.20. The molecule has 0 aromatic heterocycles. The van der Waals surface area contributed by atoms with Crippen LogP contribution in [0.5, 0.6) is 5.75 Å². The summed E-state index contributed by atoms with van der Waals surface area (Å²) in [5, 5.41) is 31.9. The minimum absolute atomic E-state index is 0.336. The van der Waals surface area contributed by atoms with Crippen LogP contribution in [0.25, 0.3) is 0 Å². The van der Waals surface area contributed by atoms with Crippen molar-refractivity contribution in [2.75, 3.05) is 26.1 Å². The Labute approximate surface area is 210 Å². The standard InChI is InChI=1S/C25H37NO4/c27-20-23-18-22(13-14-24(23)28)25(29)19-26-15-7-1-2-8-16-30-17-9-6-12-21-10-4-3-5-11-21/h3-5,10-11,13-14,18,25-29H,1-2,6-9,12,15-17,19-20H2/i3D,6D2,9D2,10D,11D,12D2,13D,14D,15D2,16D2,17D2,18D,19D2,25D. The van der Waals surface area contributed by atoms with Crippen molar-refractivity contribution >= 4 is 0 Å². The smallest absolute Gasteiger partial charge is 0.121 e. The molecule has 0 heterocycles. The van der Waals surface area contributed by atoms with Crippen LogP contribution >= 0.6 is 0 Å². The molecule has 0 saturated heterocycles. The van der Waals surface area contributed by atoms with Gasteiger partial charge in [-0.2, -0.15) is 0 Å². The Morgan fingerprint density at radius 2 is 1.87 bits per heavy atom. The van der Waals surface area contributed by atoms with E-state index >= 15 is 0 Å². The first-order chi connectivity index (χ1) is 22.7. The van der Waals surface area contributed by atoms with Crippen molar-refractivity contribution < 1.29 is 48.8 Å². The highest BCUT2D eigenvalue weighted by molar-refractivity contribution is 5.36. The Hall–Kier alpha value is -1.92. The molecule has 0 aliphatic rings. The first-order valence-corrected chi connectivity index (χ1v) is 8.89. The molecule has 1 atom stereocenters. The van der Waals surface area contributed by atoms with Gasteiger partial charge in [0.25, 0.3) is 0 Å². The predicted octanol–water partition coefficient (Wildman–Crippen LogP) is 4.11. The van der Waals surface area contributed by atoms with Gasteiger partial charge >= 0.3 is 0 Å². The van der Waals surface area contributed by atoms with E-state index in [0.29, 0.717) is 0 Å². The highest BCUT2D eigenvalue weighted by Gasteiger charge is 2.09. The molecule has 0 amide bonds. The number of aliphatic hydroxyl groups is 2. The van der Waals surface area contributed by atoms with Gasteiger partial charge in [-0.1, -0.05) is 49.1 Å². The van der Waals surface area contributed by atoms with Crippen LogP contribution in [0.4, 0.5) is 0 Å². The second-order valence-electron chi connectivity index (χ2n) is 5.56. The lowest BCUT2D eigenvalue weighted by atomic mass is 10.1. The second kappa shape index (κ2) is 15.0. The predicted molar refractivity (Wildman–Crippen MR) is 121 cm³/mol. The lowest BCUT2D eigenvalue weighted by Crippen LogP contribution is -2.22. The average molecular weight is 437 g/mol. The molecule has 0 saturated carbocycles. The Morgan fingerprint density at radius 1 is 1.07 bits per heavy atom. The van der Waals surface area contributed by atoms with Gasteiger partial charge in [0, 0.05) is 38.9 Å². The van der Waals surface area contributed by atoms with E-state index in [2.05, 4.69) is 0 Å². The monoisotopic (exact) mass is 436 g/mol. The van der Waals surface area contributed by atoms with Gasteiger partial charge in [0.15, 0.2) is 0 Å². The third-order valence-electron chi connectivity index (χ3n) is 3.39. The maximum Gasteiger partial charge on any atom is 0.121 e. The molecule has 0 aliphatic carbocycles. The summed E-state index contributed by atoms with van der Waals surface area (Å²) in [5.74, 6) is -1.01. The SMILES string of the molecule is [2H]c1cc([2H])c(C([2H])([2H])C([2H])([2H])C([2H])([2H])C([2H])([2H])OC([2H])([2H])CCCCC([2H])([2H])NC([2H])([2H])C([2H])(O)c2c([2H])c([2H])c(O)c(CO)c2[2H])c([2H])c1. The van der Waals surface area contributed by atoms with Gasteiger partial charge in [0.05, 0.1) is 27.8 Å². The number of hydrogen-bond donors (Lipinski definition) is 4. The third-order valence-corrected chi connectivity index (χ3v) is 3.39. The zero-order valence-electron chi connectivity index (χ0n) is 36.9. The first kappa shape index (κ1) is 8.21. The zero-order valence-corrected chi connectivity index (χ0v) is 15.9. The van der Waals surface area contributed by atoms with Crippen molar-refractivity contribution in [3.05, 3.63) is 65.1 Å². The van der Waals surface area contributed by atoms with Crippen LogP contribution in [0.15, 0.2) is 48.4 Å². The number of nitrogens with one attached hydrogen (secondary N) is 1. The van der Waals surface area contributed by atoms with Gasteiger partial charge in [-0.3, -0.25) is 0 Å². The third kappa shape index (κ3) is 9.72. The summed E-state index contributed by atoms with van der Waals surface area (Å²) in [6.45, 7) is -14.4. The number of benzene rings is 2. The fourth-order valence-electron chi connectivity index (χ4n) is 1.93. The second-order valence-corrected chi connectivity index (χ2v) is 5.56. The number of hydrogen-bond acceptors (Lipinski definition) is 5. The van der Waals surface area contributed by atoms with E-state index < -0.39 is 123 Å². The van der Waals surface area contributed by atoms with Gasteiger partial charge < -0.3 is 25.4 Å². The van der Waals surface area contributed by atoms with Crippen molar-refractivity contribution in [1.29, 1.82) is 0 Å². The fourth-order valence-corrected chi connectivity index (χ4v) is 1.93. The van der Waals surface area contributed by atoms with Gasteiger partial charge in [0.2, 0.25) is 0 Å². The van der Waals surface area contributed by atoms with Gasteiger partial charge in [-0.25, -0.2) is 0 Å². The summed E-state index contributed by atoms with van der Waals surface area (Å²) in [6, 6.07) is -3.72. The van der Waals surface area contributed by atoms with Gasteiger partial charge in [-0.15, -0.1) is 0 Å². The lowest BCUT2D eigenvalue weighted by molar-refractivity contribution is 0.126. The fraction of sp³-hybridized carbons (Fsp3) is 0.520. The van der Waals surface area contributed by atoms with Crippen molar-refractivity contribution in [1.82, 2.24) is 5.32 Å². The topological polar surface area (TPSA) is 82.0 Å². The molecule has 30 heavy (non-hydrogen) atoms. The molecule has 2 aromatic rings. The van der Waals surface area contributed by atoms with Gasteiger partial charge in [0.1, 0.15) is 5.75 Å². The van der Waals surface area contributed by atoms with E-state index in [9.17, 15) is 15.3 Å². The molecule has 1 unspecified atom stereocenters. The Morgan fingerprint density at radius 3 is 2.67 bits per heavy atom. The van der Waals surface area contributed by atoms with Crippen LogP contribution in [0.3, 0.4) is 0 Å². The summed E-state index contributed by atoms with van der Waals surface area (Å²) >= 11 is 0. The number of rotatable bonds is 16. The molecule has 0 radical (unpaired) electrons. The van der Waals surface area contributed by atoms with E-state index in [1.165, 1.54) is 0 Å². The van der Waals surface area contributed by atoms with Gasteiger partial charge in [-0.05, 0) is 61.7 Å². The molecule has 2 rings (SSSR count). The summed E-state index contributed by atoms with van der Waals surface area (Å²) < 4.78 is 175. The molecule has 2 aromatic carbocycles. The molecular formula is C25H37NO4. The Bertz CT molecular complexity index is 1570. The van der Waals surface area contributed by atoms with E-state index in [1.807, 2.05) is 0 Å². The Kier molecular flexibility index (Phi) is 4.10. The van der Waals surface area contributed by atoms with Crippen LogP contribution < -0.4 is 5.32 Å². The number of aromatic hydroxyl groups is 1. The van der Waals surface area contributed by atoms with Crippen LogP contribution in [-0.4, -0.2) is 41.4 Å². The van der Waals surface area contributed by atoms with Crippen molar-refractivity contribution in [2.45, 2.75) is 57.5 Å². The zero-order chi connectivity index (χ0) is 40.1. The molecule has 4 N–H and O–H groups in total. The molecule has 0 aliphatic heterocycles. The molecule has 0 spiro atoms. The minimum atomic E-state index is -4.00. The first-order valence-electron chi connectivity index (χ1n) is 19.4. The number of ether oxygens (including phenoxy) is 1. The highest BCUT2D eigenvalue weighted by Crippen LogP contribution is 2.22. The van der Waals surface area contributed by atoms with Crippen molar-refractivity contribution in [2.24, 2.45) is 0 Å². The maximum absolute atomic E-state index is 10.8. The molecular weight excluding hydrogens is 378 g/mol. The number of phenols is 1. The van der Waals surface area contributed by atoms with Crippen LogP contribution in [0, 0.1) is 0 Å². The summed E-state index contributed by atoms with van der Waals surface area (Å²) in [4.78, 5) is 0. The average Bonchev–Trinajstić information content (AvgIpc) is 2.92. The number of unbranched alkanes of at least 4 members (excludes halogenated alkanes) is 1. The summed E-state index contributed by atoms with van der Waals surface area (Å²) in [7, 11) is 0.